The van der Waals surface area contributed by atoms with Crippen molar-refractivity contribution in [3.63, 3.8) is 0 Å². The molecule has 2 rings (SSSR count). The Bertz CT molecular complexity index is 766. The van der Waals surface area contributed by atoms with Crippen molar-refractivity contribution in [3.8, 4) is 0 Å². The molecule has 20 heavy (non-hydrogen) atoms. The van der Waals surface area contributed by atoms with Gasteiger partial charge in [0, 0.05) is 5.02 Å². The molecule has 8 heteroatoms. The van der Waals surface area contributed by atoms with Crippen LogP contribution in [0.4, 0.5) is 15.8 Å². The van der Waals surface area contributed by atoms with Gasteiger partial charge in [-0.2, -0.15) is 0 Å². The van der Waals surface area contributed by atoms with Gasteiger partial charge in [0.1, 0.15) is 10.7 Å². The SMILES string of the molecule is Nc1ccc(NS(=O)(=O)c2ccc(Cl)cc2F)cc1Cl. The monoisotopic (exact) mass is 334 g/mol. The Morgan fingerprint density at radius 1 is 1.10 bits per heavy atom. The van der Waals surface area contributed by atoms with Crippen molar-refractivity contribution < 1.29 is 12.8 Å². The van der Waals surface area contributed by atoms with Crippen LogP contribution in [0.2, 0.25) is 10.0 Å². The average molecular weight is 335 g/mol. The second-order valence-electron chi connectivity index (χ2n) is 3.92. The quantitative estimate of drug-likeness (QED) is 0.843. The fourth-order valence-corrected chi connectivity index (χ4v) is 2.94. The van der Waals surface area contributed by atoms with Crippen LogP contribution < -0.4 is 10.5 Å². The van der Waals surface area contributed by atoms with Crippen molar-refractivity contribution in [3.05, 3.63) is 52.3 Å². The van der Waals surface area contributed by atoms with E-state index in [1.54, 1.807) is 0 Å². The van der Waals surface area contributed by atoms with Gasteiger partial charge in [0.15, 0.2) is 0 Å². The summed E-state index contributed by atoms with van der Waals surface area (Å²) < 4.78 is 40.0. The van der Waals surface area contributed by atoms with Gasteiger partial charge in [-0.25, -0.2) is 12.8 Å². The van der Waals surface area contributed by atoms with E-state index >= 15 is 0 Å². The van der Waals surface area contributed by atoms with Gasteiger partial charge in [0.25, 0.3) is 10.0 Å². The van der Waals surface area contributed by atoms with Gasteiger partial charge in [-0.15, -0.1) is 0 Å². The van der Waals surface area contributed by atoms with Gasteiger partial charge >= 0.3 is 0 Å². The molecular weight excluding hydrogens is 326 g/mol. The second kappa shape index (κ2) is 5.47. The Morgan fingerprint density at radius 2 is 1.80 bits per heavy atom. The van der Waals surface area contributed by atoms with E-state index in [2.05, 4.69) is 4.72 Å². The number of hydrogen-bond donors (Lipinski definition) is 2. The third-order valence-electron chi connectivity index (χ3n) is 2.44. The molecule has 0 unspecified atom stereocenters. The highest BCUT2D eigenvalue weighted by atomic mass is 35.5. The van der Waals surface area contributed by atoms with E-state index in [1.807, 2.05) is 0 Å². The highest BCUT2D eigenvalue weighted by molar-refractivity contribution is 7.92. The van der Waals surface area contributed by atoms with Crippen LogP contribution >= 0.6 is 23.2 Å². The molecule has 0 aromatic heterocycles. The zero-order valence-corrected chi connectivity index (χ0v) is 12.2. The summed E-state index contributed by atoms with van der Waals surface area (Å²) in [7, 11) is -4.07. The zero-order valence-electron chi connectivity index (χ0n) is 9.90. The minimum absolute atomic E-state index is 0.108. The average Bonchev–Trinajstić information content (AvgIpc) is 2.33. The second-order valence-corrected chi connectivity index (χ2v) is 6.41. The molecule has 0 saturated carbocycles. The normalized spacial score (nSPS) is 11.3. The van der Waals surface area contributed by atoms with Crippen LogP contribution in [0.15, 0.2) is 41.3 Å². The standard InChI is InChI=1S/C12H9Cl2FN2O2S/c13-7-1-4-12(10(15)5-7)20(18,19)17-8-2-3-11(16)9(14)6-8/h1-6,17H,16H2. The first kappa shape index (κ1) is 14.9. The maximum absolute atomic E-state index is 13.6. The maximum atomic E-state index is 13.6. The predicted molar refractivity (Wildman–Crippen MR) is 78.1 cm³/mol. The molecule has 0 amide bonds. The Labute approximate surface area is 125 Å². The van der Waals surface area contributed by atoms with Gasteiger partial charge in [0.2, 0.25) is 0 Å². The van der Waals surface area contributed by atoms with E-state index < -0.39 is 20.7 Å². The van der Waals surface area contributed by atoms with Crippen molar-refractivity contribution in [2.75, 3.05) is 10.5 Å². The lowest BCUT2D eigenvalue weighted by atomic mass is 10.3. The minimum atomic E-state index is -4.07. The molecule has 2 aromatic rings. The molecule has 0 saturated heterocycles. The van der Waals surface area contributed by atoms with E-state index in [0.717, 1.165) is 12.1 Å². The molecule has 0 aliphatic rings. The van der Waals surface area contributed by atoms with Crippen molar-refractivity contribution in [1.82, 2.24) is 0 Å². The highest BCUT2D eigenvalue weighted by Crippen LogP contribution is 2.26. The molecule has 3 N–H and O–H groups in total. The zero-order chi connectivity index (χ0) is 14.9. The van der Waals surface area contributed by atoms with E-state index in [4.69, 9.17) is 28.9 Å². The van der Waals surface area contributed by atoms with Crippen LogP contribution in [0.25, 0.3) is 0 Å². The number of sulfonamides is 1. The molecule has 0 aliphatic carbocycles. The summed E-state index contributed by atoms with van der Waals surface area (Å²) in [6, 6.07) is 7.49. The van der Waals surface area contributed by atoms with Gasteiger partial charge in [-0.1, -0.05) is 23.2 Å². The number of hydrogen-bond acceptors (Lipinski definition) is 3. The fraction of sp³-hybridized carbons (Fsp3) is 0. The summed E-state index contributed by atoms with van der Waals surface area (Å²) in [6.45, 7) is 0. The number of nitrogens with one attached hydrogen (secondary N) is 1. The first-order valence-electron chi connectivity index (χ1n) is 5.32. The van der Waals surface area contributed by atoms with Gasteiger partial charge < -0.3 is 5.73 Å². The number of benzene rings is 2. The minimum Gasteiger partial charge on any atom is -0.398 e. The molecule has 0 bridgehead atoms. The van der Waals surface area contributed by atoms with Gasteiger partial charge in [0.05, 0.1) is 16.4 Å². The number of rotatable bonds is 3. The van der Waals surface area contributed by atoms with Crippen LogP contribution in [0.1, 0.15) is 0 Å². The molecular formula is C12H9Cl2FN2O2S. The Balaban J connectivity index is 2.38. The third-order valence-corrected chi connectivity index (χ3v) is 4.41. The van der Waals surface area contributed by atoms with Crippen molar-refractivity contribution >= 4 is 44.6 Å². The molecule has 0 fully saturated rings. The molecule has 0 aliphatic heterocycles. The molecule has 0 spiro atoms. The fourth-order valence-electron chi connectivity index (χ4n) is 1.49. The summed E-state index contributed by atoms with van der Waals surface area (Å²) in [4.78, 5) is -0.505. The lowest BCUT2D eigenvalue weighted by molar-refractivity contribution is 0.570. The van der Waals surface area contributed by atoms with Crippen LogP contribution in [-0.2, 0) is 10.0 Å². The first-order valence-corrected chi connectivity index (χ1v) is 7.56. The van der Waals surface area contributed by atoms with Crippen LogP contribution in [0.5, 0.6) is 0 Å². The third kappa shape index (κ3) is 3.15. The van der Waals surface area contributed by atoms with E-state index in [-0.39, 0.29) is 15.7 Å². The van der Waals surface area contributed by atoms with Crippen molar-refractivity contribution in [2.24, 2.45) is 0 Å². The summed E-state index contributed by atoms with van der Waals surface area (Å²) in [5, 5.41) is 0.304. The highest BCUT2D eigenvalue weighted by Gasteiger charge is 2.19. The summed E-state index contributed by atoms with van der Waals surface area (Å²) >= 11 is 11.4. The molecule has 0 atom stereocenters. The van der Waals surface area contributed by atoms with Gasteiger partial charge in [-0.3, -0.25) is 4.72 Å². The molecule has 4 nitrogen and oxygen atoms in total. The van der Waals surface area contributed by atoms with Crippen LogP contribution in [0, 0.1) is 5.82 Å². The first-order chi connectivity index (χ1) is 9.29. The van der Waals surface area contributed by atoms with E-state index in [0.29, 0.717) is 5.69 Å². The smallest absolute Gasteiger partial charge is 0.264 e. The maximum Gasteiger partial charge on any atom is 0.264 e. The van der Waals surface area contributed by atoms with Crippen LogP contribution in [-0.4, -0.2) is 8.42 Å². The Morgan fingerprint density at radius 3 is 2.40 bits per heavy atom. The predicted octanol–water partition coefficient (Wildman–Crippen LogP) is 3.52. The molecule has 106 valence electrons. The summed E-state index contributed by atoms with van der Waals surface area (Å²) in [5.41, 5.74) is 6.01. The number of anilines is 2. The Kier molecular flexibility index (Phi) is 4.08. The topological polar surface area (TPSA) is 72.2 Å². The number of nitrogen functional groups attached to an aromatic ring is 1. The molecule has 2 aromatic carbocycles. The van der Waals surface area contributed by atoms with Crippen molar-refractivity contribution in [1.29, 1.82) is 0 Å². The van der Waals surface area contributed by atoms with Crippen LogP contribution in [0.3, 0.4) is 0 Å². The van der Waals surface area contributed by atoms with E-state index in [9.17, 15) is 12.8 Å². The lowest BCUT2D eigenvalue weighted by Gasteiger charge is -2.10. The lowest BCUT2D eigenvalue weighted by Crippen LogP contribution is -2.14. The van der Waals surface area contributed by atoms with Gasteiger partial charge in [-0.05, 0) is 36.4 Å². The summed E-state index contributed by atoms with van der Waals surface area (Å²) in [5.74, 6) is -0.938. The number of nitrogens with two attached hydrogens (primary N) is 1. The Hall–Kier alpha value is -1.50. The molecule has 0 radical (unpaired) electrons. The summed E-state index contributed by atoms with van der Waals surface area (Å²) in [6.07, 6.45) is 0. The number of halogens is 3. The van der Waals surface area contributed by atoms with Crippen molar-refractivity contribution in [2.45, 2.75) is 4.90 Å². The largest absolute Gasteiger partial charge is 0.398 e. The molecule has 0 heterocycles. The van der Waals surface area contributed by atoms with E-state index in [1.165, 1.54) is 24.3 Å².